The van der Waals surface area contributed by atoms with Crippen LogP contribution in [0, 0.1) is 0 Å². The second kappa shape index (κ2) is 6.87. The van der Waals surface area contributed by atoms with Crippen molar-refractivity contribution in [3.05, 3.63) is 19.5 Å². The molecule has 5 nitrogen and oxygen atoms in total. The zero-order valence-corrected chi connectivity index (χ0v) is 15.4. The summed E-state index contributed by atoms with van der Waals surface area (Å²) in [6, 6.07) is 1.75. The van der Waals surface area contributed by atoms with Gasteiger partial charge in [0.25, 0.3) is 5.89 Å². The van der Waals surface area contributed by atoms with Crippen LogP contribution in [0.2, 0.25) is 0 Å². The van der Waals surface area contributed by atoms with Crippen LogP contribution in [-0.2, 0) is 0 Å². The largest absolute Gasteiger partial charge is 0.334 e. The molecule has 8 heteroatoms. The topological polar surface area (TPSA) is 68.2 Å². The highest BCUT2D eigenvalue weighted by atomic mass is 79.9. The number of hydrogen-bond acceptors (Lipinski definition) is 6. The number of thiophene rings is 1. The number of hydrogen-bond donors (Lipinski definition) is 1. The number of nitrogens with two attached hydrogens (primary N) is 1. The van der Waals surface area contributed by atoms with Crippen molar-refractivity contribution in [2.75, 3.05) is 19.6 Å². The number of aromatic nitrogens is 2. The summed E-state index contributed by atoms with van der Waals surface area (Å²) in [5.74, 6) is 1.08. The van der Waals surface area contributed by atoms with Crippen LogP contribution in [-0.4, -0.2) is 34.7 Å². The van der Waals surface area contributed by atoms with Crippen molar-refractivity contribution in [2.45, 2.75) is 25.3 Å². The van der Waals surface area contributed by atoms with Gasteiger partial charge in [-0.25, -0.2) is 0 Å². The van der Waals surface area contributed by atoms with Crippen molar-refractivity contribution in [1.82, 2.24) is 15.0 Å². The van der Waals surface area contributed by atoms with Crippen LogP contribution < -0.4 is 5.73 Å². The smallest absolute Gasteiger partial charge is 0.260 e. The van der Waals surface area contributed by atoms with E-state index in [1.165, 1.54) is 19.3 Å². The highest BCUT2D eigenvalue weighted by Gasteiger charge is 2.21. The summed E-state index contributed by atoms with van der Waals surface area (Å²) in [4.78, 5) is 6.82. The average molecular weight is 436 g/mol. The summed E-state index contributed by atoms with van der Waals surface area (Å²) in [5.41, 5.74) is 7.11. The first-order valence-corrected chi connectivity index (χ1v) is 9.30. The number of halogens is 2. The lowest BCUT2D eigenvalue weighted by molar-refractivity contribution is 0.213. The van der Waals surface area contributed by atoms with Gasteiger partial charge in [-0.3, -0.25) is 0 Å². The molecule has 3 heterocycles. The van der Waals surface area contributed by atoms with Crippen LogP contribution in [0.25, 0.3) is 11.5 Å². The number of nitrogens with zero attached hydrogens (tertiary/aromatic N) is 3. The van der Waals surface area contributed by atoms with Gasteiger partial charge in [-0.1, -0.05) is 11.6 Å². The Hall–Kier alpha value is -0.280. The van der Waals surface area contributed by atoms with Gasteiger partial charge in [0.15, 0.2) is 5.82 Å². The first kappa shape index (κ1) is 15.6. The molecule has 114 valence electrons. The normalized spacial score (nSPS) is 18.0. The van der Waals surface area contributed by atoms with Crippen molar-refractivity contribution >= 4 is 43.2 Å². The van der Waals surface area contributed by atoms with Gasteiger partial charge in [0.1, 0.15) is 0 Å². The summed E-state index contributed by atoms with van der Waals surface area (Å²) >= 11 is 8.53. The number of piperidine rings is 1. The van der Waals surface area contributed by atoms with E-state index in [0.717, 1.165) is 32.8 Å². The molecule has 1 unspecified atom stereocenters. The number of rotatable bonds is 4. The third kappa shape index (κ3) is 3.73. The van der Waals surface area contributed by atoms with Gasteiger partial charge in [-0.05, 0) is 63.9 Å². The van der Waals surface area contributed by atoms with E-state index >= 15 is 0 Å². The Labute approximate surface area is 144 Å². The van der Waals surface area contributed by atoms with Crippen molar-refractivity contribution < 1.29 is 4.52 Å². The second-order valence-corrected chi connectivity index (χ2v) is 8.91. The highest BCUT2D eigenvalue weighted by molar-refractivity contribution is 9.12. The molecule has 21 heavy (non-hydrogen) atoms. The maximum Gasteiger partial charge on any atom is 0.260 e. The summed E-state index contributed by atoms with van der Waals surface area (Å²) in [6.45, 7) is 3.01. The van der Waals surface area contributed by atoms with E-state index in [2.05, 4.69) is 46.9 Å². The fourth-order valence-corrected chi connectivity index (χ4v) is 5.26. The Morgan fingerprint density at radius 3 is 2.76 bits per heavy atom. The Kier molecular flexibility index (Phi) is 5.11. The molecule has 1 aliphatic heterocycles. The molecule has 0 spiro atoms. The molecule has 2 aromatic heterocycles. The Balaban J connectivity index is 1.70. The van der Waals surface area contributed by atoms with Gasteiger partial charge in [-0.15, -0.1) is 11.3 Å². The van der Waals surface area contributed by atoms with E-state index in [4.69, 9.17) is 10.3 Å². The molecule has 0 bridgehead atoms. The van der Waals surface area contributed by atoms with Crippen LogP contribution in [0.4, 0.5) is 0 Å². The fourth-order valence-electron chi connectivity index (χ4n) is 2.48. The lowest BCUT2D eigenvalue weighted by atomic mass is 10.1. The molecule has 2 N–H and O–H groups in total. The van der Waals surface area contributed by atoms with Gasteiger partial charge >= 0.3 is 0 Å². The van der Waals surface area contributed by atoms with E-state index in [1.807, 2.05) is 6.07 Å². The molecule has 1 aliphatic rings. The molecule has 0 radical (unpaired) electrons. The van der Waals surface area contributed by atoms with E-state index in [0.29, 0.717) is 11.7 Å². The molecule has 0 aromatic carbocycles. The van der Waals surface area contributed by atoms with Crippen LogP contribution in [0.15, 0.2) is 18.2 Å². The Morgan fingerprint density at radius 2 is 2.10 bits per heavy atom. The third-order valence-electron chi connectivity index (χ3n) is 3.56. The van der Waals surface area contributed by atoms with E-state index in [1.54, 1.807) is 11.3 Å². The van der Waals surface area contributed by atoms with E-state index in [9.17, 15) is 0 Å². The Morgan fingerprint density at radius 1 is 1.33 bits per heavy atom. The summed E-state index contributed by atoms with van der Waals surface area (Å²) in [7, 11) is 0. The molecule has 0 saturated carbocycles. The molecular weight excluding hydrogens is 420 g/mol. The summed E-state index contributed by atoms with van der Waals surface area (Å²) in [6.07, 6.45) is 3.82. The van der Waals surface area contributed by atoms with Crippen molar-refractivity contribution in [3.63, 3.8) is 0 Å². The van der Waals surface area contributed by atoms with Gasteiger partial charge < -0.3 is 15.2 Å². The van der Waals surface area contributed by atoms with E-state index < -0.39 is 0 Å². The van der Waals surface area contributed by atoms with Crippen LogP contribution in [0.1, 0.15) is 31.1 Å². The van der Waals surface area contributed by atoms with Crippen molar-refractivity contribution in [2.24, 2.45) is 5.73 Å². The standard InChI is InChI=1S/C13H16Br2N4OS/c14-10-6-8(11(15)21-10)13-17-12(18-20-13)9(16)7-19-4-2-1-3-5-19/h6,9H,1-5,7,16H2. The highest BCUT2D eigenvalue weighted by Crippen LogP contribution is 2.37. The molecule has 2 aromatic rings. The first-order valence-electron chi connectivity index (χ1n) is 6.90. The summed E-state index contributed by atoms with van der Waals surface area (Å²) < 4.78 is 7.33. The summed E-state index contributed by atoms with van der Waals surface area (Å²) in [5, 5.41) is 4.04. The van der Waals surface area contributed by atoms with Crippen LogP contribution in [0.3, 0.4) is 0 Å². The number of likely N-dealkylation sites (tertiary alicyclic amines) is 1. The maximum absolute atomic E-state index is 6.22. The SMILES string of the molecule is NC(CN1CCCCC1)c1noc(-c2cc(Br)sc2Br)n1. The zero-order chi connectivity index (χ0) is 14.8. The minimum Gasteiger partial charge on any atom is -0.334 e. The van der Waals surface area contributed by atoms with E-state index in [-0.39, 0.29) is 6.04 Å². The molecule has 0 amide bonds. The van der Waals surface area contributed by atoms with Crippen LogP contribution in [0.5, 0.6) is 0 Å². The predicted octanol–water partition coefficient (Wildman–Crippen LogP) is 3.81. The average Bonchev–Trinajstić information content (AvgIpc) is 3.06. The predicted molar refractivity (Wildman–Crippen MR) is 90.2 cm³/mol. The minimum absolute atomic E-state index is 0.207. The molecular formula is C13H16Br2N4OS. The molecule has 3 rings (SSSR count). The first-order chi connectivity index (χ1) is 10.1. The third-order valence-corrected chi connectivity index (χ3v) is 5.90. The van der Waals surface area contributed by atoms with Gasteiger partial charge in [0.2, 0.25) is 0 Å². The minimum atomic E-state index is -0.207. The van der Waals surface area contributed by atoms with Gasteiger partial charge in [-0.2, -0.15) is 4.98 Å². The second-order valence-electron chi connectivity index (χ2n) is 5.16. The Bertz CT molecular complexity index is 609. The molecule has 1 saturated heterocycles. The van der Waals surface area contributed by atoms with Crippen molar-refractivity contribution in [1.29, 1.82) is 0 Å². The quantitative estimate of drug-likeness (QED) is 0.790. The molecule has 0 aliphatic carbocycles. The zero-order valence-electron chi connectivity index (χ0n) is 11.4. The lowest BCUT2D eigenvalue weighted by Crippen LogP contribution is -2.36. The fraction of sp³-hybridized carbons (Fsp3) is 0.538. The van der Waals surface area contributed by atoms with Crippen molar-refractivity contribution in [3.8, 4) is 11.5 Å². The molecule has 1 fully saturated rings. The van der Waals surface area contributed by atoms with Gasteiger partial charge in [0, 0.05) is 6.54 Å². The maximum atomic E-state index is 6.22. The molecule has 1 atom stereocenters. The monoisotopic (exact) mass is 434 g/mol. The lowest BCUT2D eigenvalue weighted by Gasteiger charge is -2.27. The van der Waals surface area contributed by atoms with Gasteiger partial charge in [0.05, 0.1) is 19.2 Å². The van der Waals surface area contributed by atoms with Crippen LogP contribution >= 0.6 is 43.2 Å².